The summed E-state index contributed by atoms with van der Waals surface area (Å²) in [6.07, 6.45) is 10.1. The van der Waals surface area contributed by atoms with Crippen LogP contribution in [0.4, 0.5) is 0 Å². The molecule has 0 radical (unpaired) electrons. The summed E-state index contributed by atoms with van der Waals surface area (Å²) in [4.78, 5) is 0. The number of piperidine rings is 1. The molecule has 1 N–H and O–H groups in total. The molecule has 0 aliphatic carbocycles. The van der Waals surface area contributed by atoms with Gasteiger partial charge in [-0.2, -0.15) is 0 Å². The summed E-state index contributed by atoms with van der Waals surface area (Å²) in [6, 6.07) is 0. The third-order valence-electron chi connectivity index (χ3n) is 2.69. The van der Waals surface area contributed by atoms with Crippen LogP contribution in [-0.4, -0.2) is 6.54 Å². The number of nitrogens with one attached hydrogen (secondary N) is 1. The van der Waals surface area contributed by atoms with Gasteiger partial charge in [0.05, 0.1) is 0 Å². The summed E-state index contributed by atoms with van der Waals surface area (Å²) in [6.45, 7) is 7.62. The lowest BCUT2D eigenvalue weighted by atomic mass is 9.97. The van der Waals surface area contributed by atoms with E-state index in [9.17, 15) is 0 Å². The zero-order chi connectivity index (χ0) is 10.4. The van der Waals surface area contributed by atoms with E-state index in [0.717, 1.165) is 13.0 Å². The van der Waals surface area contributed by atoms with E-state index in [-0.39, 0.29) is 0 Å². The molecular formula is C13H21N. The number of hydrogen-bond acceptors (Lipinski definition) is 1. The molecule has 0 aromatic carbocycles. The zero-order valence-electron chi connectivity index (χ0n) is 9.56. The van der Waals surface area contributed by atoms with Gasteiger partial charge in [0.25, 0.3) is 0 Å². The Morgan fingerprint density at radius 2 is 2.29 bits per heavy atom. The van der Waals surface area contributed by atoms with Gasteiger partial charge in [0.2, 0.25) is 0 Å². The molecule has 78 valence electrons. The van der Waals surface area contributed by atoms with Gasteiger partial charge in [-0.05, 0) is 38.7 Å². The van der Waals surface area contributed by atoms with Gasteiger partial charge in [-0.1, -0.05) is 30.7 Å². The Morgan fingerprint density at radius 3 is 2.93 bits per heavy atom. The second-order valence-electron chi connectivity index (χ2n) is 3.76. The van der Waals surface area contributed by atoms with E-state index in [4.69, 9.17) is 0 Å². The van der Waals surface area contributed by atoms with Crippen molar-refractivity contribution in [3.8, 4) is 0 Å². The van der Waals surface area contributed by atoms with Gasteiger partial charge < -0.3 is 5.32 Å². The maximum atomic E-state index is 3.51. The minimum absolute atomic E-state index is 1.12. The molecule has 14 heavy (non-hydrogen) atoms. The van der Waals surface area contributed by atoms with Gasteiger partial charge in [-0.25, -0.2) is 0 Å². The predicted molar refractivity (Wildman–Crippen MR) is 63.1 cm³/mol. The van der Waals surface area contributed by atoms with E-state index >= 15 is 0 Å². The molecule has 1 heteroatoms. The summed E-state index contributed by atoms with van der Waals surface area (Å²) in [7, 11) is 0. The van der Waals surface area contributed by atoms with Crippen molar-refractivity contribution in [2.45, 2.75) is 40.0 Å². The third-order valence-corrected chi connectivity index (χ3v) is 2.69. The Balaban J connectivity index is 2.89. The molecule has 0 saturated carbocycles. The molecule has 0 bridgehead atoms. The first-order valence-corrected chi connectivity index (χ1v) is 5.55. The summed E-state index contributed by atoms with van der Waals surface area (Å²) >= 11 is 0. The van der Waals surface area contributed by atoms with Gasteiger partial charge in [0, 0.05) is 12.2 Å². The van der Waals surface area contributed by atoms with E-state index in [0.29, 0.717) is 0 Å². The first-order chi connectivity index (χ1) is 6.79. The number of rotatable bonds is 2. The standard InChI is InChI=1S/C13H21N/c1-4-6-8-12-9-7-10-14-13(12)11(3)5-2/h4,6,8,14H,5,7,9-10H2,1-3H3/b6-4-,12-8-,13-11-. The highest BCUT2D eigenvalue weighted by atomic mass is 14.9. The molecule has 1 aliphatic rings. The molecule has 0 amide bonds. The van der Waals surface area contributed by atoms with Crippen LogP contribution in [0.1, 0.15) is 40.0 Å². The number of allylic oxidation sites excluding steroid dienone is 5. The van der Waals surface area contributed by atoms with Gasteiger partial charge in [0.15, 0.2) is 0 Å². The Morgan fingerprint density at radius 1 is 1.50 bits per heavy atom. The van der Waals surface area contributed by atoms with Crippen molar-refractivity contribution < 1.29 is 0 Å². The maximum Gasteiger partial charge on any atom is 0.0361 e. The fourth-order valence-corrected chi connectivity index (χ4v) is 1.71. The van der Waals surface area contributed by atoms with Crippen LogP contribution in [0.2, 0.25) is 0 Å². The van der Waals surface area contributed by atoms with Gasteiger partial charge in [-0.3, -0.25) is 0 Å². The Hall–Kier alpha value is -0.980. The van der Waals surface area contributed by atoms with E-state index in [1.807, 2.05) is 0 Å². The Labute approximate surface area is 87.6 Å². The largest absolute Gasteiger partial charge is 0.385 e. The Bertz CT molecular complexity index is 269. The van der Waals surface area contributed by atoms with Crippen LogP contribution < -0.4 is 5.32 Å². The lowest BCUT2D eigenvalue weighted by Crippen LogP contribution is -2.23. The van der Waals surface area contributed by atoms with Crippen molar-refractivity contribution in [1.82, 2.24) is 5.32 Å². The normalized spacial score (nSPS) is 24.1. The highest BCUT2D eigenvalue weighted by molar-refractivity contribution is 5.37. The minimum atomic E-state index is 1.12. The van der Waals surface area contributed by atoms with E-state index < -0.39 is 0 Å². The average Bonchev–Trinajstić information content (AvgIpc) is 2.25. The van der Waals surface area contributed by atoms with Crippen LogP contribution in [0.15, 0.2) is 35.1 Å². The van der Waals surface area contributed by atoms with Crippen molar-refractivity contribution in [2.75, 3.05) is 6.54 Å². The highest BCUT2D eigenvalue weighted by Crippen LogP contribution is 2.22. The second-order valence-corrected chi connectivity index (χ2v) is 3.76. The third kappa shape index (κ3) is 2.76. The monoisotopic (exact) mass is 191 g/mol. The van der Waals surface area contributed by atoms with Gasteiger partial charge in [-0.15, -0.1) is 0 Å². The van der Waals surface area contributed by atoms with Crippen molar-refractivity contribution in [2.24, 2.45) is 0 Å². The van der Waals surface area contributed by atoms with E-state index in [1.54, 1.807) is 0 Å². The molecular weight excluding hydrogens is 170 g/mol. The van der Waals surface area contributed by atoms with Crippen LogP contribution in [0.5, 0.6) is 0 Å². The lowest BCUT2D eigenvalue weighted by Gasteiger charge is -2.22. The molecule has 1 rings (SSSR count). The molecule has 0 aromatic heterocycles. The quantitative estimate of drug-likeness (QED) is 0.703. The molecule has 1 saturated heterocycles. The van der Waals surface area contributed by atoms with Crippen LogP contribution in [0, 0.1) is 0 Å². The molecule has 1 heterocycles. The molecule has 1 aliphatic heterocycles. The van der Waals surface area contributed by atoms with Crippen LogP contribution in [-0.2, 0) is 0 Å². The van der Waals surface area contributed by atoms with Gasteiger partial charge >= 0.3 is 0 Å². The fourth-order valence-electron chi connectivity index (χ4n) is 1.71. The highest BCUT2D eigenvalue weighted by Gasteiger charge is 2.11. The van der Waals surface area contributed by atoms with Crippen molar-refractivity contribution in [1.29, 1.82) is 0 Å². The van der Waals surface area contributed by atoms with E-state index in [2.05, 4.69) is 44.3 Å². The molecule has 0 unspecified atom stereocenters. The molecule has 1 nitrogen and oxygen atoms in total. The summed E-state index contributed by atoms with van der Waals surface area (Å²) in [5.74, 6) is 0. The number of hydrogen-bond donors (Lipinski definition) is 1. The maximum absolute atomic E-state index is 3.51. The molecule has 0 aromatic rings. The average molecular weight is 191 g/mol. The van der Waals surface area contributed by atoms with Gasteiger partial charge in [0.1, 0.15) is 0 Å². The SMILES string of the molecule is C\C=C/C=C1/CCCN/C1=C(/C)CC. The molecule has 0 spiro atoms. The summed E-state index contributed by atoms with van der Waals surface area (Å²) < 4.78 is 0. The first-order valence-electron chi connectivity index (χ1n) is 5.55. The molecule has 0 atom stereocenters. The second kappa shape index (κ2) is 5.69. The molecule has 1 fully saturated rings. The van der Waals surface area contributed by atoms with Crippen LogP contribution in [0.25, 0.3) is 0 Å². The fraction of sp³-hybridized carbons (Fsp3) is 0.538. The Kier molecular flexibility index (Phi) is 4.51. The lowest BCUT2D eigenvalue weighted by molar-refractivity contribution is 0.658. The van der Waals surface area contributed by atoms with Crippen molar-refractivity contribution in [3.63, 3.8) is 0 Å². The zero-order valence-corrected chi connectivity index (χ0v) is 9.56. The smallest absolute Gasteiger partial charge is 0.0361 e. The van der Waals surface area contributed by atoms with Crippen LogP contribution in [0.3, 0.4) is 0 Å². The van der Waals surface area contributed by atoms with Crippen molar-refractivity contribution in [3.05, 3.63) is 35.1 Å². The first kappa shape index (κ1) is 11.1. The van der Waals surface area contributed by atoms with Crippen molar-refractivity contribution >= 4 is 0 Å². The van der Waals surface area contributed by atoms with E-state index in [1.165, 1.54) is 29.7 Å². The topological polar surface area (TPSA) is 12.0 Å². The summed E-state index contributed by atoms with van der Waals surface area (Å²) in [5, 5.41) is 3.51. The van der Waals surface area contributed by atoms with Crippen LogP contribution >= 0.6 is 0 Å². The predicted octanol–water partition coefficient (Wildman–Crippen LogP) is 3.56. The summed E-state index contributed by atoms with van der Waals surface area (Å²) in [5.41, 5.74) is 4.33. The minimum Gasteiger partial charge on any atom is -0.385 e.